The van der Waals surface area contributed by atoms with Crippen LogP contribution in [0.2, 0.25) is 0 Å². The molecule has 1 aromatic heterocycles. The van der Waals surface area contributed by atoms with Crippen LogP contribution in [0, 0.1) is 15.6 Å². The lowest BCUT2D eigenvalue weighted by Crippen LogP contribution is -2.25. The van der Waals surface area contributed by atoms with E-state index in [0.717, 1.165) is 0 Å². The number of rotatable bonds is 13. The summed E-state index contributed by atoms with van der Waals surface area (Å²) in [5.41, 5.74) is -1.66. The minimum Gasteiger partial charge on any atom is -0.438 e. The third kappa shape index (κ3) is 11.6. The van der Waals surface area contributed by atoms with Gasteiger partial charge >= 0.3 is 20.5 Å². The van der Waals surface area contributed by atoms with E-state index in [1.54, 1.807) is 52.3 Å². The molecule has 0 aromatic carbocycles. The number of nitrogens with one attached hydrogen (secondary N) is 1. The molecular formula is C21H35N2O9PS. The summed E-state index contributed by atoms with van der Waals surface area (Å²) in [6.45, 7) is 10.1. The van der Waals surface area contributed by atoms with Gasteiger partial charge in [0.25, 0.3) is 5.56 Å². The second-order valence-corrected chi connectivity index (χ2v) is 10.9. The molecule has 0 fully saturated rings. The van der Waals surface area contributed by atoms with Gasteiger partial charge in [-0.15, -0.1) is 0 Å². The van der Waals surface area contributed by atoms with Crippen molar-refractivity contribution in [1.82, 2.24) is 9.55 Å². The molecule has 0 spiro atoms. The standard InChI is InChI=1S/C21H35N2O9PS/c1-20(2,3)17(25)28-13-31-33(32-14-29-18(26)21(4,5)6)30-12-15(27-7)8-10-23-11-9-16(24)22-19(23)34/h9,11,15H,8,10,12-14H2,1-7H3,(H,22,24,34). The quantitative estimate of drug-likeness (QED) is 0.177. The predicted molar refractivity (Wildman–Crippen MR) is 127 cm³/mol. The van der Waals surface area contributed by atoms with Crippen LogP contribution in [-0.4, -0.2) is 54.9 Å². The molecule has 13 heteroatoms. The Labute approximate surface area is 206 Å². The average molecular weight is 523 g/mol. The highest BCUT2D eigenvalue weighted by atomic mass is 32.1. The number of aryl methyl sites for hydroxylation is 1. The van der Waals surface area contributed by atoms with Crippen molar-refractivity contribution < 1.29 is 37.4 Å². The van der Waals surface area contributed by atoms with Crippen LogP contribution in [0.5, 0.6) is 0 Å². The van der Waals surface area contributed by atoms with Crippen LogP contribution in [-0.2, 0) is 43.9 Å². The number of nitrogens with zero attached hydrogens (tertiary/aromatic N) is 1. The lowest BCUT2D eigenvalue weighted by atomic mass is 9.98. The van der Waals surface area contributed by atoms with Gasteiger partial charge in [0.2, 0.25) is 13.6 Å². The number of aromatic amines is 1. The van der Waals surface area contributed by atoms with E-state index < -0.39 is 31.4 Å². The Kier molecular flexibility index (Phi) is 12.5. The van der Waals surface area contributed by atoms with Crippen molar-refractivity contribution >= 4 is 32.8 Å². The van der Waals surface area contributed by atoms with Crippen molar-refractivity contribution in [3.05, 3.63) is 27.4 Å². The third-order valence-electron chi connectivity index (χ3n) is 4.21. The van der Waals surface area contributed by atoms with E-state index in [4.69, 9.17) is 40.0 Å². The van der Waals surface area contributed by atoms with Gasteiger partial charge in [-0.2, -0.15) is 0 Å². The van der Waals surface area contributed by atoms with Crippen LogP contribution >= 0.6 is 20.8 Å². The number of aromatic nitrogens is 2. The molecule has 0 bridgehead atoms. The second-order valence-electron chi connectivity index (χ2n) is 9.33. The zero-order valence-electron chi connectivity index (χ0n) is 20.7. The van der Waals surface area contributed by atoms with Crippen molar-refractivity contribution in [3.63, 3.8) is 0 Å². The number of carbonyl (C=O) groups excluding carboxylic acids is 2. The molecule has 1 aromatic rings. The van der Waals surface area contributed by atoms with E-state index in [2.05, 4.69) is 4.98 Å². The highest BCUT2D eigenvalue weighted by molar-refractivity contribution is 7.71. The summed E-state index contributed by atoms with van der Waals surface area (Å²) in [6, 6.07) is 1.38. The molecule has 1 rings (SSSR count). The van der Waals surface area contributed by atoms with Crippen molar-refractivity contribution in [2.24, 2.45) is 10.8 Å². The van der Waals surface area contributed by atoms with Crippen molar-refractivity contribution in [1.29, 1.82) is 0 Å². The molecule has 34 heavy (non-hydrogen) atoms. The Morgan fingerprint density at radius 3 is 2.00 bits per heavy atom. The van der Waals surface area contributed by atoms with Gasteiger partial charge in [0.1, 0.15) is 0 Å². The molecular weight excluding hydrogens is 487 g/mol. The number of methoxy groups -OCH3 is 1. The van der Waals surface area contributed by atoms with E-state index in [-0.39, 0.29) is 31.9 Å². The molecule has 0 aliphatic heterocycles. The molecule has 0 amide bonds. The zero-order chi connectivity index (χ0) is 25.9. The highest BCUT2D eigenvalue weighted by Crippen LogP contribution is 2.40. The van der Waals surface area contributed by atoms with Gasteiger partial charge in [0, 0.05) is 25.9 Å². The Morgan fingerprint density at radius 2 is 1.56 bits per heavy atom. The van der Waals surface area contributed by atoms with Crippen molar-refractivity contribution in [2.45, 2.75) is 60.6 Å². The fourth-order valence-corrected chi connectivity index (χ4v) is 3.15. The molecule has 1 heterocycles. The first kappa shape index (κ1) is 30.3. The molecule has 0 aliphatic rings. The van der Waals surface area contributed by atoms with E-state index in [0.29, 0.717) is 17.7 Å². The Hall–Kier alpha value is -1.69. The Balaban J connectivity index is 2.65. The number of hydrogen-bond acceptors (Lipinski definition) is 10. The van der Waals surface area contributed by atoms with E-state index in [9.17, 15) is 14.4 Å². The summed E-state index contributed by atoms with van der Waals surface area (Å²) in [7, 11) is -0.489. The molecule has 11 nitrogen and oxygen atoms in total. The molecule has 0 saturated heterocycles. The Bertz CT molecular complexity index is 873. The number of carbonyl (C=O) groups is 2. The highest BCUT2D eigenvalue weighted by Gasteiger charge is 2.26. The molecule has 1 unspecified atom stereocenters. The molecule has 0 radical (unpaired) electrons. The third-order valence-corrected chi connectivity index (χ3v) is 5.54. The SMILES string of the molecule is COC(CCn1ccc(=O)[nH]c1=S)COP(OCOC(=O)C(C)(C)C)OCOC(=O)C(C)(C)C. The first-order valence-electron chi connectivity index (χ1n) is 10.6. The van der Waals surface area contributed by atoms with Gasteiger partial charge < -0.3 is 23.3 Å². The largest absolute Gasteiger partial charge is 0.438 e. The fourth-order valence-electron chi connectivity index (χ4n) is 2.11. The average Bonchev–Trinajstić information content (AvgIpc) is 2.72. The maximum absolute atomic E-state index is 11.9. The van der Waals surface area contributed by atoms with Crippen LogP contribution in [0.25, 0.3) is 0 Å². The summed E-state index contributed by atoms with van der Waals surface area (Å²) in [5.74, 6) is -0.900. The van der Waals surface area contributed by atoms with Crippen LogP contribution in [0.4, 0.5) is 0 Å². The fraction of sp³-hybridized carbons (Fsp3) is 0.714. The normalized spacial score (nSPS) is 13.1. The summed E-state index contributed by atoms with van der Waals surface area (Å²) in [5, 5.41) is 0. The first-order valence-corrected chi connectivity index (χ1v) is 12.1. The topological polar surface area (TPSA) is 127 Å². The molecule has 0 aliphatic carbocycles. The summed E-state index contributed by atoms with van der Waals surface area (Å²) >= 11 is 5.14. The smallest absolute Gasteiger partial charge is 0.338 e. The maximum Gasteiger partial charge on any atom is 0.338 e. The minimum absolute atomic E-state index is 0.0827. The van der Waals surface area contributed by atoms with Crippen molar-refractivity contribution in [2.75, 3.05) is 27.3 Å². The van der Waals surface area contributed by atoms with Crippen LogP contribution in [0.15, 0.2) is 17.1 Å². The summed E-state index contributed by atoms with van der Waals surface area (Å²) in [6.07, 6.45) is 1.75. The van der Waals surface area contributed by atoms with Gasteiger partial charge in [-0.1, -0.05) is 0 Å². The van der Waals surface area contributed by atoms with Crippen molar-refractivity contribution in [3.8, 4) is 0 Å². The monoisotopic (exact) mass is 522 g/mol. The first-order chi connectivity index (χ1) is 15.7. The van der Waals surface area contributed by atoms with E-state index in [1.807, 2.05) is 0 Å². The van der Waals surface area contributed by atoms with Gasteiger partial charge in [-0.3, -0.25) is 28.4 Å². The van der Waals surface area contributed by atoms with Gasteiger partial charge in [0.15, 0.2) is 4.77 Å². The van der Waals surface area contributed by atoms with Gasteiger partial charge in [-0.05, 0) is 60.2 Å². The Morgan fingerprint density at radius 1 is 1.03 bits per heavy atom. The maximum atomic E-state index is 11.9. The zero-order valence-corrected chi connectivity index (χ0v) is 22.5. The molecule has 194 valence electrons. The molecule has 1 N–H and O–H groups in total. The molecule has 1 atom stereocenters. The van der Waals surface area contributed by atoms with Crippen LogP contribution in [0.3, 0.4) is 0 Å². The lowest BCUT2D eigenvalue weighted by Gasteiger charge is -2.22. The predicted octanol–water partition coefficient (Wildman–Crippen LogP) is 3.68. The minimum atomic E-state index is -2.02. The van der Waals surface area contributed by atoms with Gasteiger partial charge in [-0.25, -0.2) is 0 Å². The number of hydrogen-bond donors (Lipinski definition) is 1. The lowest BCUT2D eigenvalue weighted by molar-refractivity contribution is -0.162. The van der Waals surface area contributed by atoms with Crippen LogP contribution in [0.1, 0.15) is 48.0 Å². The van der Waals surface area contributed by atoms with Gasteiger partial charge in [0.05, 0.1) is 23.5 Å². The van der Waals surface area contributed by atoms with E-state index >= 15 is 0 Å². The van der Waals surface area contributed by atoms with Crippen LogP contribution < -0.4 is 5.56 Å². The number of ether oxygens (including phenoxy) is 3. The number of esters is 2. The van der Waals surface area contributed by atoms with E-state index in [1.165, 1.54) is 13.2 Å². The number of H-pyrrole nitrogens is 1. The summed E-state index contributed by atoms with van der Waals surface area (Å²) in [4.78, 5) is 37.7. The second kappa shape index (κ2) is 14.0. The molecule has 0 saturated carbocycles. The summed E-state index contributed by atoms with van der Waals surface area (Å²) < 4.78 is 34.2.